The summed E-state index contributed by atoms with van der Waals surface area (Å²) in [6.45, 7) is 3.77. The summed E-state index contributed by atoms with van der Waals surface area (Å²) >= 11 is 0. The number of aryl methyl sites for hydroxylation is 1. The zero-order valence-corrected chi connectivity index (χ0v) is 18.1. The standard InChI is InChI=1S/C22H24F3N5O3/c1-15-12-27-18(13-26-15)19(31)29-8-6-21(7-9-29)14-30(10-11-33-21)20(32)28-17-4-2-16(3-5-17)22(23,24)25/h2-5,12-13H,6-11,14H2,1H3,(H,28,32). The van der Waals surface area contributed by atoms with E-state index in [1.807, 2.05) is 0 Å². The van der Waals surface area contributed by atoms with Crippen LogP contribution in [0.1, 0.15) is 34.6 Å². The monoisotopic (exact) mass is 463 g/mol. The molecule has 3 amide bonds. The highest BCUT2D eigenvalue weighted by Gasteiger charge is 2.42. The maximum absolute atomic E-state index is 12.7. The number of piperidine rings is 1. The van der Waals surface area contributed by atoms with Gasteiger partial charge in [0.1, 0.15) is 5.69 Å². The second-order valence-electron chi connectivity index (χ2n) is 8.29. The largest absolute Gasteiger partial charge is 0.416 e. The smallest absolute Gasteiger partial charge is 0.371 e. The van der Waals surface area contributed by atoms with E-state index in [-0.39, 0.29) is 11.6 Å². The van der Waals surface area contributed by atoms with Crippen LogP contribution in [-0.4, -0.2) is 70.1 Å². The van der Waals surface area contributed by atoms with Crippen molar-refractivity contribution in [1.82, 2.24) is 19.8 Å². The molecule has 0 atom stereocenters. The molecule has 2 aromatic rings. The van der Waals surface area contributed by atoms with Crippen molar-refractivity contribution in [3.8, 4) is 0 Å². The number of rotatable bonds is 2. The van der Waals surface area contributed by atoms with E-state index in [9.17, 15) is 22.8 Å². The van der Waals surface area contributed by atoms with Crippen LogP contribution in [0.5, 0.6) is 0 Å². The Kier molecular flexibility index (Phi) is 6.24. The Morgan fingerprint density at radius 3 is 2.33 bits per heavy atom. The van der Waals surface area contributed by atoms with Gasteiger partial charge in [0, 0.05) is 31.5 Å². The van der Waals surface area contributed by atoms with Crippen molar-refractivity contribution in [1.29, 1.82) is 0 Å². The van der Waals surface area contributed by atoms with E-state index in [1.54, 1.807) is 22.9 Å². The summed E-state index contributed by atoms with van der Waals surface area (Å²) < 4.78 is 44.2. The Morgan fingerprint density at radius 1 is 1.03 bits per heavy atom. The van der Waals surface area contributed by atoms with Gasteiger partial charge in [0.15, 0.2) is 0 Å². The Labute approximate surface area is 188 Å². The second kappa shape index (κ2) is 8.97. The number of aromatic nitrogens is 2. The van der Waals surface area contributed by atoms with Gasteiger partial charge in [0.25, 0.3) is 5.91 Å². The summed E-state index contributed by atoms with van der Waals surface area (Å²) in [7, 11) is 0. The van der Waals surface area contributed by atoms with E-state index >= 15 is 0 Å². The number of nitrogens with one attached hydrogen (secondary N) is 1. The Morgan fingerprint density at radius 2 is 1.73 bits per heavy atom. The van der Waals surface area contributed by atoms with Crippen molar-refractivity contribution in [2.45, 2.75) is 31.5 Å². The number of ether oxygens (including phenoxy) is 1. The van der Waals surface area contributed by atoms with Gasteiger partial charge in [0.05, 0.1) is 36.2 Å². The minimum atomic E-state index is -4.43. The van der Waals surface area contributed by atoms with Gasteiger partial charge in [-0.3, -0.25) is 9.78 Å². The first-order chi connectivity index (χ1) is 15.7. The van der Waals surface area contributed by atoms with Crippen LogP contribution in [0.3, 0.4) is 0 Å². The first-order valence-electron chi connectivity index (χ1n) is 10.6. The second-order valence-corrected chi connectivity index (χ2v) is 8.29. The minimum Gasteiger partial charge on any atom is -0.371 e. The highest BCUT2D eigenvalue weighted by atomic mass is 19.4. The lowest BCUT2D eigenvalue weighted by atomic mass is 9.89. The molecule has 0 bridgehead atoms. The van der Waals surface area contributed by atoms with Crippen molar-refractivity contribution >= 4 is 17.6 Å². The highest BCUT2D eigenvalue weighted by Crippen LogP contribution is 2.32. The van der Waals surface area contributed by atoms with Crippen molar-refractivity contribution in [2.24, 2.45) is 0 Å². The molecule has 1 spiro atoms. The predicted octanol–water partition coefficient (Wildman–Crippen LogP) is 3.34. The molecular weight excluding hydrogens is 439 g/mol. The third-order valence-corrected chi connectivity index (χ3v) is 5.96. The van der Waals surface area contributed by atoms with E-state index in [0.29, 0.717) is 51.3 Å². The number of anilines is 1. The predicted molar refractivity (Wildman–Crippen MR) is 113 cm³/mol. The zero-order valence-electron chi connectivity index (χ0n) is 18.1. The number of benzene rings is 1. The van der Waals surface area contributed by atoms with Gasteiger partial charge in [0.2, 0.25) is 0 Å². The summed E-state index contributed by atoms with van der Waals surface area (Å²) in [6.07, 6.45) is -0.297. The normalized spacial score (nSPS) is 18.3. The van der Waals surface area contributed by atoms with Crippen LogP contribution in [0.2, 0.25) is 0 Å². The van der Waals surface area contributed by atoms with E-state index in [1.165, 1.54) is 18.3 Å². The van der Waals surface area contributed by atoms with E-state index in [4.69, 9.17) is 4.74 Å². The first-order valence-corrected chi connectivity index (χ1v) is 10.6. The SMILES string of the molecule is Cc1cnc(C(=O)N2CCC3(CC2)CN(C(=O)Nc2ccc(C(F)(F)F)cc2)CCO3)cn1. The van der Waals surface area contributed by atoms with Crippen molar-refractivity contribution < 1.29 is 27.5 Å². The molecule has 0 radical (unpaired) electrons. The number of alkyl halides is 3. The third kappa shape index (κ3) is 5.24. The van der Waals surface area contributed by atoms with Crippen molar-refractivity contribution in [3.63, 3.8) is 0 Å². The molecular formula is C22H24F3N5O3. The van der Waals surface area contributed by atoms with E-state index in [0.717, 1.165) is 17.8 Å². The van der Waals surface area contributed by atoms with Crippen molar-refractivity contribution in [3.05, 3.63) is 53.6 Å². The fraction of sp³-hybridized carbons (Fsp3) is 0.455. The molecule has 2 fully saturated rings. The van der Waals surface area contributed by atoms with Gasteiger partial charge in [-0.05, 0) is 44.0 Å². The lowest BCUT2D eigenvalue weighted by molar-refractivity contribution is -0.137. The Balaban J connectivity index is 1.34. The molecule has 1 aromatic heterocycles. The molecule has 33 heavy (non-hydrogen) atoms. The molecule has 2 saturated heterocycles. The number of halogens is 3. The first kappa shape index (κ1) is 23.0. The number of carbonyl (C=O) groups is 2. The molecule has 3 heterocycles. The zero-order chi connectivity index (χ0) is 23.6. The number of amides is 3. The number of likely N-dealkylation sites (tertiary alicyclic amines) is 1. The molecule has 8 nitrogen and oxygen atoms in total. The van der Waals surface area contributed by atoms with Crippen LogP contribution >= 0.6 is 0 Å². The molecule has 4 rings (SSSR count). The molecule has 1 N–H and O–H groups in total. The average molecular weight is 463 g/mol. The van der Waals surface area contributed by atoms with Crippen molar-refractivity contribution in [2.75, 3.05) is 38.1 Å². The Bertz CT molecular complexity index is 1000. The number of hydrogen-bond acceptors (Lipinski definition) is 5. The topological polar surface area (TPSA) is 87.7 Å². The number of morpholine rings is 1. The quantitative estimate of drug-likeness (QED) is 0.738. The third-order valence-electron chi connectivity index (χ3n) is 5.96. The van der Waals surface area contributed by atoms with Gasteiger partial charge in [-0.15, -0.1) is 0 Å². The van der Waals surface area contributed by atoms with Gasteiger partial charge < -0.3 is 19.9 Å². The maximum Gasteiger partial charge on any atom is 0.416 e. The number of nitrogens with zero attached hydrogens (tertiary/aromatic N) is 4. The Hall–Kier alpha value is -3.21. The summed E-state index contributed by atoms with van der Waals surface area (Å²) in [5.41, 5.74) is -0.0316. The molecule has 2 aliphatic rings. The van der Waals surface area contributed by atoms with Crippen LogP contribution in [0.4, 0.5) is 23.7 Å². The molecule has 11 heteroatoms. The molecule has 176 valence electrons. The lowest BCUT2D eigenvalue weighted by Crippen LogP contribution is -2.59. The van der Waals surface area contributed by atoms with Gasteiger partial charge in [-0.1, -0.05) is 0 Å². The molecule has 0 saturated carbocycles. The molecule has 0 unspecified atom stereocenters. The summed E-state index contributed by atoms with van der Waals surface area (Å²) in [4.78, 5) is 37.0. The van der Waals surface area contributed by atoms with Crippen LogP contribution in [0.25, 0.3) is 0 Å². The summed E-state index contributed by atoms with van der Waals surface area (Å²) in [6, 6.07) is 3.93. The van der Waals surface area contributed by atoms with E-state index < -0.39 is 23.4 Å². The highest BCUT2D eigenvalue weighted by molar-refractivity contribution is 5.92. The van der Waals surface area contributed by atoms with Gasteiger partial charge in [-0.2, -0.15) is 13.2 Å². The minimum absolute atomic E-state index is 0.190. The summed E-state index contributed by atoms with van der Waals surface area (Å²) in [5, 5.41) is 2.65. The fourth-order valence-corrected chi connectivity index (χ4v) is 4.05. The van der Waals surface area contributed by atoms with Gasteiger partial charge in [-0.25, -0.2) is 9.78 Å². The number of hydrogen-bond donors (Lipinski definition) is 1. The van der Waals surface area contributed by atoms with E-state index in [2.05, 4.69) is 15.3 Å². The van der Waals surface area contributed by atoms with Crippen LogP contribution < -0.4 is 5.32 Å². The fourth-order valence-electron chi connectivity index (χ4n) is 4.05. The lowest BCUT2D eigenvalue weighted by Gasteiger charge is -2.47. The summed E-state index contributed by atoms with van der Waals surface area (Å²) in [5.74, 6) is -0.190. The average Bonchev–Trinajstić information content (AvgIpc) is 2.79. The van der Waals surface area contributed by atoms with Gasteiger partial charge >= 0.3 is 12.2 Å². The molecule has 2 aliphatic heterocycles. The maximum atomic E-state index is 12.7. The number of carbonyl (C=O) groups excluding carboxylic acids is 2. The molecule has 1 aromatic carbocycles. The van der Waals surface area contributed by atoms with Crippen LogP contribution in [-0.2, 0) is 10.9 Å². The van der Waals surface area contributed by atoms with Crippen LogP contribution in [0, 0.1) is 6.92 Å². The number of urea groups is 1. The molecule has 0 aliphatic carbocycles. The van der Waals surface area contributed by atoms with Crippen LogP contribution in [0.15, 0.2) is 36.7 Å².